The zero-order valence-electron chi connectivity index (χ0n) is 15.4. The van der Waals surface area contributed by atoms with Crippen molar-refractivity contribution < 1.29 is 17.9 Å². The average molecular weight is 368 g/mol. The molecule has 25 heavy (non-hydrogen) atoms. The summed E-state index contributed by atoms with van der Waals surface area (Å²) in [5.41, 5.74) is 1.30. The first-order valence-corrected chi connectivity index (χ1v) is 10.2. The molecule has 1 aromatic carbocycles. The van der Waals surface area contributed by atoms with Crippen LogP contribution in [0.3, 0.4) is 0 Å². The van der Waals surface area contributed by atoms with Crippen molar-refractivity contribution in [3.8, 4) is 0 Å². The largest absolute Gasteiger partial charge is 0.444 e. The second-order valence-corrected chi connectivity index (χ2v) is 9.55. The Kier molecular flexibility index (Phi) is 6.11. The van der Waals surface area contributed by atoms with E-state index in [4.69, 9.17) is 4.74 Å². The first-order valence-electron chi connectivity index (χ1n) is 8.58. The van der Waals surface area contributed by atoms with E-state index in [0.717, 1.165) is 17.5 Å². The minimum absolute atomic E-state index is 0.0214. The number of nitrogens with zero attached hydrogens (tertiary/aromatic N) is 1. The van der Waals surface area contributed by atoms with Gasteiger partial charge in [0.25, 0.3) is 0 Å². The second-order valence-electron chi connectivity index (χ2n) is 7.59. The van der Waals surface area contributed by atoms with E-state index in [1.165, 1.54) is 4.31 Å². The summed E-state index contributed by atoms with van der Waals surface area (Å²) in [6, 6.07) is 7.28. The molecule has 1 atom stereocenters. The SMILES string of the molecule is Cc1ccc(CS(=O)(=O)N2CCC[C@@H](NC(=O)OC(C)(C)C)C2)cc1. The van der Waals surface area contributed by atoms with Gasteiger partial charge >= 0.3 is 6.09 Å². The van der Waals surface area contributed by atoms with E-state index in [-0.39, 0.29) is 18.3 Å². The molecule has 2 rings (SSSR count). The molecule has 1 aliphatic heterocycles. The van der Waals surface area contributed by atoms with E-state index < -0.39 is 21.7 Å². The van der Waals surface area contributed by atoms with Crippen molar-refractivity contribution in [3.63, 3.8) is 0 Å². The van der Waals surface area contributed by atoms with Crippen LogP contribution >= 0.6 is 0 Å². The van der Waals surface area contributed by atoms with Crippen LogP contribution in [0.1, 0.15) is 44.7 Å². The van der Waals surface area contributed by atoms with E-state index in [2.05, 4.69) is 5.32 Å². The molecular formula is C18H28N2O4S. The highest BCUT2D eigenvalue weighted by atomic mass is 32.2. The zero-order valence-corrected chi connectivity index (χ0v) is 16.2. The van der Waals surface area contributed by atoms with Crippen molar-refractivity contribution in [3.05, 3.63) is 35.4 Å². The van der Waals surface area contributed by atoms with Gasteiger partial charge in [0.05, 0.1) is 5.75 Å². The smallest absolute Gasteiger partial charge is 0.407 e. The Labute approximate surface area is 150 Å². The minimum atomic E-state index is -3.41. The van der Waals surface area contributed by atoms with Crippen LogP contribution in [0, 0.1) is 6.92 Å². The maximum atomic E-state index is 12.7. The van der Waals surface area contributed by atoms with Crippen LogP contribution < -0.4 is 5.32 Å². The predicted octanol–water partition coefficient (Wildman–Crippen LogP) is 2.81. The molecule has 0 spiro atoms. The number of alkyl carbamates (subject to hydrolysis) is 1. The van der Waals surface area contributed by atoms with E-state index in [0.29, 0.717) is 13.0 Å². The number of sulfonamides is 1. The maximum Gasteiger partial charge on any atom is 0.407 e. The quantitative estimate of drug-likeness (QED) is 0.887. The molecular weight excluding hydrogens is 340 g/mol. The van der Waals surface area contributed by atoms with Crippen LogP contribution in [0.25, 0.3) is 0 Å². The molecule has 0 aliphatic carbocycles. The van der Waals surface area contributed by atoms with Gasteiger partial charge in [-0.1, -0.05) is 29.8 Å². The van der Waals surface area contributed by atoms with Crippen LogP contribution in [0.5, 0.6) is 0 Å². The van der Waals surface area contributed by atoms with Gasteiger partial charge in [0, 0.05) is 19.1 Å². The summed E-state index contributed by atoms with van der Waals surface area (Å²) >= 11 is 0. The second kappa shape index (κ2) is 7.74. The number of hydrogen-bond donors (Lipinski definition) is 1. The maximum absolute atomic E-state index is 12.7. The van der Waals surface area contributed by atoms with Gasteiger partial charge in [-0.05, 0) is 46.1 Å². The van der Waals surface area contributed by atoms with Gasteiger partial charge in [-0.3, -0.25) is 0 Å². The molecule has 1 N–H and O–H groups in total. The van der Waals surface area contributed by atoms with Crippen LogP contribution in [-0.2, 0) is 20.5 Å². The lowest BCUT2D eigenvalue weighted by Gasteiger charge is -2.32. The summed E-state index contributed by atoms with van der Waals surface area (Å²) in [5, 5.41) is 2.78. The molecule has 1 heterocycles. The topological polar surface area (TPSA) is 75.7 Å². The average Bonchev–Trinajstić information content (AvgIpc) is 2.48. The van der Waals surface area contributed by atoms with Gasteiger partial charge in [0.2, 0.25) is 10.0 Å². The molecule has 140 valence electrons. The molecule has 1 amide bonds. The third-order valence-corrected chi connectivity index (χ3v) is 5.78. The van der Waals surface area contributed by atoms with Crippen molar-refractivity contribution >= 4 is 16.1 Å². The summed E-state index contributed by atoms with van der Waals surface area (Å²) in [6.45, 7) is 8.13. The number of hydrogen-bond acceptors (Lipinski definition) is 4. The van der Waals surface area contributed by atoms with Gasteiger partial charge in [0.15, 0.2) is 0 Å². The first kappa shape index (κ1) is 19.7. The molecule has 7 heteroatoms. The fraction of sp³-hybridized carbons (Fsp3) is 0.611. The van der Waals surface area contributed by atoms with Crippen molar-refractivity contribution in [1.29, 1.82) is 0 Å². The highest BCUT2D eigenvalue weighted by Crippen LogP contribution is 2.18. The van der Waals surface area contributed by atoms with Gasteiger partial charge in [-0.2, -0.15) is 4.31 Å². The Morgan fingerprint density at radius 2 is 1.92 bits per heavy atom. The molecule has 0 radical (unpaired) electrons. The van der Waals surface area contributed by atoms with E-state index in [1.807, 2.05) is 31.2 Å². The summed E-state index contributed by atoms with van der Waals surface area (Å²) in [7, 11) is -3.41. The molecule has 1 aromatic rings. The van der Waals surface area contributed by atoms with Crippen molar-refractivity contribution in [1.82, 2.24) is 9.62 Å². The number of piperidine rings is 1. The fourth-order valence-corrected chi connectivity index (χ4v) is 4.38. The highest BCUT2D eigenvalue weighted by molar-refractivity contribution is 7.88. The number of ether oxygens (including phenoxy) is 1. The highest BCUT2D eigenvalue weighted by Gasteiger charge is 2.30. The number of rotatable bonds is 4. The van der Waals surface area contributed by atoms with Crippen LogP contribution in [0.15, 0.2) is 24.3 Å². The van der Waals surface area contributed by atoms with E-state index in [9.17, 15) is 13.2 Å². The third-order valence-electron chi connectivity index (χ3n) is 3.97. The Morgan fingerprint density at radius 1 is 1.28 bits per heavy atom. The molecule has 0 aromatic heterocycles. The van der Waals surface area contributed by atoms with Gasteiger partial charge < -0.3 is 10.1 Å². The number of carbonyl (C=O) groups excluding carboxylic acids is 1. The van der Waals surface area contributed by atoms with E-state index >= 15 is 0 Å². The number of benzene rings is 1. The zero-order chi connectivity index (χ0) is 18.7. The summed E-state index contributed by atoms with van der Waals surface area (Å²) in [5.74, 6) is -0.0214. The fourth-order valence-electron chi connectivity index (χ4n) is 2.77. The monoisotopic (exact) mass is 368 g/mol. The van der Waals surface area contributed by atoms with Crippen LogP contribution in [0.4, 0.5) is 4.79 Å². The Hall–Kier alpha value is -1.60. The number of carbonyl (C=O) groups is 1. The summed E-state index contributed by atoms with van der Waals surface area (Å²) < 4.78 is 32.1. The predicted molar refractivity (Wildman–Crippen MR) is 97.8 cm³/mol. The first-order chi connectivity index (χ1) is 11.5. The van der Waals surface area contributed by atoms with Crippen LogP contribution in [0.2, 0.25) is 0 Å². The van der Waals surface area contributed by atoms with Crippen molar-refractivity contribution in [2.45, 2.75) is 57.9 Å². The minimum Gasteiger partial charge on any atom is -0.444 e. The van der Waals surface area contributed by atoms with Gasteiger partial charge in [0.1, 0.15) is 5.60 Å². The Bertz CT molecular complexity index is 693. The molecule has 0 unspecified atom stereocenters. The van der Waals surface area contributed by atoms with Gasteiger partial charge in [-0.15, -0.1) is 0 Å². The number of nitrogens with one attached hydrogen (secondary N) is 1. The van der Waals surface area contributed by atoms with Crippen molar-refractivity contribution in [2.75, 3.05) is 13.1 Å². The van der Waals surface area contributed by atoms with E-state index in [1.54, 1.807) is 20.8 Å². The standard InChI is InChI=1S/C18H28N2O4S/c1-14-7-9-15(10-8-14)13-25(22,23)20-11-5-6-16(12-20)19-17(21)24-18(2,3)4/h7-10,16H,5-6,11-13H2,1-4H3,(H,19,21)/t16-/m1/s1. The Morgan fingerprint density at radius 3 is 2.52 bits per heavy atom. The molecule has 1 saturated heterocycles. The van der Waals surface area contributed by atoms with Crippen molar-refractivity contribution in [2.24, 2.45) is 0 Å². The summed E-state index contributed by atoms with van der Waals surface area (Å²) in [6.07, 6.45) is 0.957. The summed E-state index contributed by atoms with van der Waals surface area (Å²) in [4.78, 5) is 11.9. The number of amides is 1. The normalized spacial score (nSPS) is 19.4. The molecule has 0 bridgehead atoms. The lowest BCUT2D eigenvalue weighted by molar-refractivity contribution is 0.0487. The van der Waals surface area contributed by atoms with Crippen LogP contribution in [-0.4, -0.2) is 43.5 Å². The third kappa shape index (κ3) is 6.32. The molecule has 1 fully saturated rings. The molecule has 0 saturated carbocycles. The lowest BCUT2D eigenvalue weighted by Crippen LogP contribution is -2.50. The molecule has 1 aliphatic rings. The molecule has 6 nitrogen and oxygen atoms in total. The van der Waals surface area contributed by atoms with Gasteiger partial charge in [-0.25, -0.2) is 13.2 Å². The lowest BCUT2D eigenvalue weighted by atomic mass is 10.1. The Balaban J connectivity index is 1.97. The number of aryl methyl sites for hydroxylation is 1.